The van der Waals surface area contributed by atoms with Crippen molar-refractivity contribution in [1.82, 2.24) is 0 Å². The molecule has 0 aliphatic heterocycles. The summed E-state index contributed by atoms with van der Waals surface area (Å²) in [6.07, 6.45) is 0.209. The van der Waals surface area contributed by atoms with E-state index in [1.807, 2.05) is 62.4 Å². The molecular weight excluding hydrogens is 288 g/mol. The summed E-state index contributed by atoms with van der Waals surface area (Å²) in [5, 5.41) is 2.04. The van der Waals surface area contributed by atoms with Crippen molar-refractivity contribution < 1.29 is 13.6 Å². The van der Waals surface area contributed by atoms with Gasteiger partial charge in [0.15, 0.2) is 5.76 Å². The Labute approximate surface area is 133 Å². The third-order valence-electron chi connectivity index (χ3n) is 4.36. The number of carbonyl (C=O) groups is 1. The topological polar surface area (TPSA) is 43.4 Å². The van der Waals surface area contributed by atoms with Crippen molar-refractivity contribution >= 4 is 27.7 Å². The fourth-order valence-electron chi connectivity index (χ4n) is 3.06. The first-order chi connectivity index (χ1) is 11.1. The van der Waals surface area contributed by atoms with Crippen LogP contribution in [0.3, 0.4) is 0 Å². The standard InChI is InChI=1S/C20H16O3/c1-12-14-7-3-5-9-17(14)22-19(12)11-16(21)20-13(2)15-8-4-6-10-18(15)23-20/h3-10H,11H2,1-2H3. The molecule has 0 aliphatic rings. The first-order valence-electron chi connectivity index (χ1n) is 7.63. The Morgan fingerprint density at radius 3 is 2.00 bits per heavy atom. The number of furan rings is 2. The summed E-state index contributed by atoms with van der Waals surface area (Å²) in [5.74, 6) is 1.07. The number of aryl methyl sites for hydroxylation is 2. The smallest absolute Gasteiger partial charge is 0.205 e. The number of ketones is 1. The number of Topliss-reactive ketones (excluding diaryl/α,β-unsaturated/α-hetero) is 1. The SMILES string of the molecule is Cc1c(CC(=O)c2oc3ccccc3c2C)oc2ccccc12. The molecule has 3 heteroatoms. The summed E-state index contributed by atoms with van der Waals surface area (Å²) in [4.78, 5) is 12.7. The molecule has 3 nitrogen and oxygen atoms in total. The number of carbonyl (C=O) groups excluding carboxylic acids is 1. The molecule has 0 aliphatic carbocycles. The fraction of sp³-hybridized carbons (Fsp3) is 0.150. The highest BCUT2D eigenvalue weighted by atomic mass is 16.3. The van der Waals surface area contributed by atoms with Crippen LogP contribution < -0.4 is 0 Å². The maximum Gasteiger partial charge on any atom is 0.205 e. The number of benzene rings is 2. The van der Waals surface area contributed by atoms with Gasteiger partial charge in [-0.15, -0.1) is 0 Å². The van der Waals surface area contributed by atoms with Gasteiger partial charge in [-0.25, -0.2) is 0 Å². The van der Waals surface area contributed by atoms with E-state index in [2.05, 4.69) is 0 Å². The van der Waals surface area contributed by atoms with Gasteiger partial charge in [0.1, 0.15) is 16.9 Å². The van der Waals surface area contributed by atoms with Crippen molar-refractivity contribution in [3.8, 4) is 0 Å². The van der Waals surface area contributed by atoms with E-state index in [0.717, 1.165) is 33.1 Å². The van der Waals surface area contributed by atoms with E-state index in [9.17, 15) is 4.79 Å². The summed E-state index contributed by atoms with van der Waals surface area (Å²) in [6.45, 7) is 3.91. The predicted molar refractivity (Wildman–Crippen MR) is 89.9 cm³/mol. The number of para-hydroxylation sites is 2. The molecule has 0 bridgehead atoms. The van der Waals surface area contributed by atoms with Gasteiger partial charge in [0.25, 0.3) is 0 Å². The van der Waals surface area contributed by atoms with Crippen molar-refractivity contribution in [2.24, 2.45) is 0 Å². The molecular formula is C20H16O3. The quantitative estimate of drug-likeness (QED) is 0.487. The van der Waals surface area contributed by atoms with Crippen LogP contribution in [-0.2, 0) is 6.42 Å². The van der Waals surface area contributed by atoms with E-state index < -0.39 is 0 Å². The molecule has 0 saturated carbocycles. The molecule has 0 saturated heterocycles. The lowest BCUT2D eigenvalue weighted by Gasteiger charge is -1.98. The molecule has 4 aromatic rings. The first kappa shape index (κ1) is 13.8. The fourth-order valence-corrected chi connectivity index (χ4v) is 3.06. The number of hydrogen-bond acceptors (Lipinski definition) is 3. The average molecular weight is 304 g/mol. The van der Waals surface area contributed by atoms with Crippen LogP contribution in [0.4, 0.5) is 0 Å². The zero-order valence-electron chi connectivity index (χ0n) is 13.1. The molecule has 114 valence electrons. The Bertz CT molecular complexity index is 1030. The van der Waals surface area contributed by atoms with Crippen molar-refractivity contribution in [1.29, 1.82) is 0 Å². The summed E-state index contributed by atoms with van der Waals surface area (Å²) < 4.78 is 11.6. The molecule has 0 atom stereocenters. The van der Waals surface area contributed by atoms with Crippen LogP contribution >= 0.6 is 0 Å². The molecule has 0 N–H and O–H groups in total. The number of fused-ring (bicyclic) bond motifs is 2. The highest BCUT2D eigenvalue weighted by Crippen LogP contribution is 2.29. The van der Waals surface area contributed by atoms with E-state index in [-0.39, 0.29) is 12.2 Å². The van der Waals surface area contributed by atoms with Gasteiger partial charge in [-0.1, -0.05) is 36.4 Å². The molecule has 0 fully saturated rings. The summed E-state index contributed by atoms with van der Waals surface area (Å²) in [7, 11) is 0. The first-order valence-corrected chi connectivity index (χ1v) is 7.63. The minimum absolute atomic E-state index is 0.0548. The molecule has 2 aromatic heterocycles. The summed E-state index contributed by atoms with van der Waals surface area (Å²) in [5.41, 5.74) is 3.46. The highest BCUT2D eigenvalue weighted by Gasteiger charge is 2.20. The summed E-state index contributed by atoms with van der Waals surface area (Å²) in [6, 6.07) is 15.5. The second kappa shape index (κ2) is 5.13. The largest absolute Gasteiger partial charge is 0.460 e. The molecule has 0 radical (unpaired) electrons. The van der Waals surface area contributed by atoms with Crippen molar-refractivity contribution in [3.05, 3.63) is 71.2 Å². The Hall–Kier alpha value is -2.81. The van der Waals surface area contributed by atoms with Crippen molar-refractivity contribution in [3.63, 3.8) is 0 Å². The Morgan fingerprint density at radius 1 is 0.826 bits per heavy atom. The van der Waals surface area contributed by atoms with E-state index in [0.29, 0.717) is 11.5 Å². The lowest BCUT2D eigenvalue weighted by molar-refractivity contribution is 0.0962. The van der Waals surface area contributed by atoms with Gasteiger partial charge in [-0.2, -0.15) is 0 Å². The molecule has 0 spiro atoms. The maximum absolute atomic E-state index is 12.7. The number of hydrogen-bond donors (Lipinski definition) is 0. The summed E-state index contributed by atoms with van der Waals surface area (Å²) >= 11 is 0. The van der Waals surface area contributed by atoms with Crippen LogP contribution in [0.15, 0.2) is 57.4 Å². The van der Waals surface area contributed by atoms with Gasteiger partial charge in [0, 0.05) is 16.3 Å². The van der Waals surface area contributed by atoms with Crippen LogP contribution in [0.25, 0.3) is 21.9 Å². The normalized spacial score (nSPS) is 11.4. The maximum atomic E-state index is 12.7. The van der Waals surface area contributed by atoms with E-state index in [4.69, 9.17) is 8.83 Å². The Balaban J connectivity index is 1.73. The van der Waals surface area contributed by atoms with Gasteiger partial charge in [0.05, 0.1) is 6.42 Å². The average Bonchev–Trinajstić information content (AvgIpc) is 3.07. The monoisotopic (exact) mass is 304 g/mol. The van der Waals surface area contributed by atoms with E-state index in [1.165, 1.54) is 0 Å². The second-order valence-corrected chi connectivity index (χ2v) is 5.80. The van der Waals surface area contributed by atoms with Crippen LogP contribution in [0.1, 0.15) is 27.4 Å². The molecule has 0 amide bonds. The molecule has 2 aromatic carbocycles. The Morgan fingerprint density at radius 2 is 1.39 bits per heavy atom. The molecule has 2 heterocycles. The van der Waals surface area contributed by atoms with E-state index in [1.54, 1.807) is 0 Å². The third-order valence-corrected chi connectivity index (χ3v) is 4.36. The minimum atomic E-state index is -0.0548. The zero-order valence-corrected chi connectivity index (χ0v) is 13.1. The van der Waals surface area contributed by atoms with Gasteiger partial charge >= 0.3 is 0 Å². The predicted octanol–water partition coefficient (Wildman–Crippen LogP) is 5.22. The van der Waals surface area contributed by atoms with Crippen LogP contribution in [0, 0.1) is 13.8 Å². The lowest BCUT2D eigenvalue weighted by Crippen LogP contribution is -2.04. The Kier molecular flexibility index (Phi) is 3.08. The van der Waals surface area contributed by atoms with Crippen LogP contribution in [-0.4, -0.2) is 5.78 Å². The molecule has 0 unspecified atom stereocenters. The third kappa shape index (κ3) is 2.16. The molecule has 23 heavy (non-hydrogen) atoms. The minimum Gasteiger partial charge on any atom is -0.460 e. The van der Waals surface area contributed by atoms with Crippen LogP contribution in [0.2, 0.25) is 0 Å². The van der Waals surface area contributed by atoms with Gasteiger partial charge in [-0.05, 0) is 31.5 Å². The molecule has 4 rings (SSSR count). The highest BCUT2D eigenvalue weighted by molar-refractivity contribution is 6.01. The van der Waals surface area contributed by atoms with Crippen LogP contribution in [0.5, 0.6) is 0 Å². The second-order valence-electron chi connectivity index (χ2n) is 5.80. The van der Waals surface area contributed by atoms with Gasteiger partial charge in [0.2, 0.25) is 5.78 Å². The number of rotatable bonds is 3. The van der Waals surface area contributed by atoms with E-state index >= 15 is 0 Å². The zero-order chi connectivity index (χ0) is 16.0. The van der Waals surface area contributed by atoms with Gasteiger partial charge < -0.3 is 8.83 Å². The lowest BCUT2D eigenvalue weighted by atomic mass is 10.1. The van der Waals surface area contributed by atoms with Crippen molar-refractivity contribution in [2.75, 3.05) is 0 Å². The van der Waals surface area contributed by atoms with Gasteiger partial charge in [-0.3, -0.25) is 4.79 Å². The van der Waals surface area contributed by atoms with Crippen molar-refractivity contribution in [2.45, 2.75) is 20.3 Å².